The van der Waals surface area contributed by atoms with Crippen LogP contribution in [0.2, 0.25) is 5.02 Å². The lowest BCUT2D eigenvalue weighted by molar-refractivity contribution is -0.127. The Balaban J connectivity index is 1.50. The Hall–Kier alpha value is -2.53. The van der Waals surface area contributed by atoms with Crippen molar-refractivity contribution in [1.29, 1.82) is 0 Å². The molecule has 25 heavy (non-hydrogen) atoms. The summed E-state index contributed by atoms with van der Waals surface area (Å²) in [7, 11) is 0. The Morgan fingerprint density at radius 2 is 2.12 bits per heavy atom. The lowest BCUT2D eigenvalue weighted by Crippen LogP contribution is -2.37. The number of fused-ring (bicyclic) bond motifs is 1. The molecule has 130 valence electrons. The molecule has 1 atom stereocenters. The maximum atomic E-state index is 12.2. The van der Waals surface area contributed by atoms with Crippen molar-refractivity contribution in [2.24, 2.45) is 0 Å². The fraction of sp³-hybridized carbons (Fsp3) is 0.263. The molecular formula is C19H20ClN3O2. The van der Waals surface area contributed by atoms with Crippen LogP contribution in [0.3, 0.4) is 0 Å². The van der Waals surface area contributed by atoms with Crippen molar-refractivity contribution in [3.8, 4) is 5.75 Å². The molecule has 1 unspecified atom stereocenters. The molecule has 2 N–H and O–H groups in total. The van der Waals surface area contributed by atoms with Crippen molar-refractivity contribution in [2.75, 3.05) is 6.54 Å². The van der Waals surface area contributed by atoms with Gasteiger partial charge in [-0.2, -0.15) is 0 Å². The SMILES string of the molecule is Cc1cc(OC(C)C(=O)NCCc2nc3ccccc3[nH]2)ccc1Cl. The van der Waals surface area contributed by atoms with Crippen molar-refractivity contribution in [3.05, 3.63) is 58.9 Å². The first-order valence-electron chi connectivity index (χ1n) is 8.17. The quantitative estimate of drug-likeness (QED) is 0.707. The lowest BCUT2D eigenvalue weighted by Gasteiger charge is -2.15. The highest BCUT2D eigenvalue weighted by atomic mass is 35.5. The molecule has 1 aromatic heterocycles. The summed E-state index contributed by atoms with van der Waals surface area (Å²) in [4.78, 5) is 19.9. The summed E-state index contributed by atoms with van der Waals surface area (Å²) in [6.45, 7) is 4.11. The molecule has 0 saturated heterocycles. The number of benzene rings is 2. The van der Waals surface area contributed by atoms with Crippen LogP contribution < -0.4 is 10.1 Å². The van der Waals surface area contributed by atoms with E-state index in [-0.39, 0.29) is 5.91 Å². The number of nitrogens with one attached hydrogen (secondary N) is 2. The highest BCUT2D eigenvalue weighted by Gasteiger charge is 2.14. The Morgan fingerprint density at radius 1 is 1.32 bits per heavy atom. The van der Waals surface area contributed by atoms with Crippen molar-refractivity contribution in [2.45, 2.75) is 26.4 Å². The fourth-order valence-corrected chi connectivity index (χ4v) is 2.64. The number of rotatable bonds is 6. The van der Waals surface area contributed by atoms with E-state index < -0.39 is 6.10 Å². The molecule has 0 radical (unpaired) electrons. The third kappa shape index (κ3) is 4.31. The predicted octanol–water partition coefficient (Wildman–Crippen LogP) is 3.65. The highest BCUT2D eigenvalue weighted by molar-refractivity contribution is 6.31. The highest BCUT2D eigenvalue weighted by Crippen LogP contribution is 2.21. The van der Waals surface area contributed by atoms with E-state index in [0.29, 0.717) is 23.7 Å². The van der Waals surface area contributed by atoms with Gasteiger partial charge in [-0.1, -0.05) is 23.7 Å². The largest absolute Gasteiger partial charge is 0.481 e. The van der Waals surface area contributed by atoms with Crippen molar-refractivity contribution < 1.29 is 9.53 Å². The number of ether oxygens (including phenoxy) is 1. The van der Waals surface area contributed by atoms with Gasteiger partial charge >= 0.3 is 0 Å². The molecular weight excluding hydrogens is 338 g/mol. The summed E-state index contributed by atoms with van der Waals surface area (Å²) in [6, 6.07) is 13.2. The van der Waals surface area contributed by atoms with E-state index in [0.717, 1.165) is 22.4 Å². The minimum absolute atomic E-state index is 0.163. The summed E-state index contributed by atoms with van der Waals surface area (Å²) in [5, 5.41) is 3.55. The second-order valence-corrected chi connectivity index (χ2v) is 6.32. The van der Waals surface area contributed by atoms with Gasteiger partial charge in [0.25, 0.3) is 5.91 Å². The molecule has 0 spiro atoms. The van der Waals surface area contributed by atoms with E-state index >= 15 is 0 Å². The molecule has 1 heterocycles. The standard InChI is InChI=1S/C19H20ClN3O2/c1-12-11-14(7-8-15(12)20)25-13(2)19(24)21-10-9-18-22-16-5-3-4-6-17(16)23-18/h3-8,11,13H,9-10H2,1-2H3,(H,21,24)(H,22,23). The third-order valence-corrected chi connectivity index (χ3v) is 4.34. The van der Waals surface area contributed by atoms with Gasteiger partial charge in [-0.15, -0.1) is 0 Å². The molecule has 1 amide bonds. The fourth-order valence-electron chi connectivity index (χ4n) is 2.52. The zero-order valence-corrected chi connectivity index (χ0v) is 14.9. The van der Waals surface area contributed by atoms with E-state index in [9.17, 15) is 4.79 Å². The van der Waals surface area contributed by atoms with E-state index in [1.54, 1.807) is 19.1 Å². The average Bonchev–Trinajstić information content (AvgIpc) is 3.00. The third-order valence-electron chi connectivity index (χ3n) is 3.91. The van der Waals surface area contributed by atoms with Crippen molar-refractivity contribution in [3.63, 3.8) is 0 Å². The first-order chi connectivity index (χ1) is 12.0. The molecule has 2 aromatic carbocycles. The molecule has 0 aliphatic rings. The molecule has 0 bridgehead atoms. The average molecular weight is 358 g/mol. The normalized spacial score (nSPS) is 12.1. The number of carbonyl (C=O) groups is 1. The summed E-state index contributed by atoms with van der Waals surface area (Å²) in [6.07, 6.45) is 0.0453. The zero-order valence-electron chi connectivity index (χ0n) is 14.2. The maximum absolute atomic E-state index is 12.2. The number of carbonyl (C=O) groups excluding carboxylic acids is 1. The Kier molecular flexibility index (Phi) is 5.24. The molecule has 0 fully saturated rings. The smallest absolute Gasteiger partial charge is 0.260 e. The van der Waals surface area contributed by atoms with Crippen LogP contribution in [0.1, 0.15) is 18.3 Å². The Bertz CT molecular complexity index is 858. The summed E-state index contributed by atoms with van der Waals surface area (Å²) in [5.41, 5.74) is 2.84. The molecule has 6 heteroatoms. The van der Waals surface area contributed by atoms with Gasteiger partial charge in [0.15, 0.2) is 6.10 Å². The Labute approximate surface area is 151 Å². The Morgan fingerprint density at radius 3 is 2.88 bits per heavy atom. The minimum Gasteiger partial charge on any atom is -0.481 e. The zero-order chi connectivity index (χ0) is 17.8. The molecule has 5 nitrogen and oxygen atoms in total. The number of aromatic amines is 1. The summed E-state index contributed by atoms with van der Waals surface area (Å²) >= 11 is 5.99. The van der Waals surface area contributed by atoms with Gasteiger partial charge in [0.2, 0.25) is 0 Å². The second kappa shape index (κ2) is 7.57. The number of halogens is 1. The molecule has 3 rings (SSSR count). The van der Waals surface area contributed by atoms with Crippen LogP contribution >= 0.6 is 11.6 Å². The van der Waals surface area contributed by atoms with Gasteiger partial charge in [-0.25, -0.2) is 4.98 Å². The molecule has 0 aliphatic carbocycles. The van der Waals surface area contributed by atoms with E-state index in [2.05, 4.69) is 15.3 Å². The van der Waals surface area contributed by atoms with Crippen LogP contribution in [-0.2, 0) is 11.2 Å². The maximum Gasteiger partial charge on any atom is 0.260 e. The summed E-state index contributed by atoms with van der Waals surface area (Å²) < 4.78 is 5.67. The number of amides is 1. The minimum atomic E-state index is -0.587. The van der Waals surface area contributed by atoms with Gasteiger partial charge in [0, 0.05) is 18.0 Å². The van der Waals surface area contributed by atoms with Crippen molar-refractivity contribution >= 4 is 28.5 Å². The van der Waals surface area contributed by atoms with Crippen LogP contribution in [0.4, 0.5) is 0 Å². The first-order valence-corrected chi connectivity index (χ1v) is 8.55. The van der Waals surface area contributed by atoms with Crippen LogP contribution in [0.25, 0.3) is 11.0 Å². The van der Waals surface area contributed by atoms with Gasteiger partial charge in [-0.3, -0.25) is 4.79 Å². The molecule has 0 saturated carbocycles. The monoisotopic (exact) mass is 357 g/mol. The van der Waals surface area contributed by atoms with Gasteiger partial charge in [-0.05, 0) is 49.7 Å². The van der Waals surface area contributed by atoms with E-state index in [4.69, 9.17) is 16.3 Å². The topological polar surface area (TPSA) is 67.0 Å². The van der Waals surface area contributed by atoms with E-state index in [1.807, 2.05) is 37.3 Å². The number of imidazole rings is 1. The number of H-pyrrole nitrogens is 1. The van der Waals surface area contributed by atoms with Crippen LogP contribution in [-0.4, -0.2) is 28.5 Å². The van der Waals surface area contributed by atoms with Crippen molar-refractivity contribution in [1.82, 2.24) is 15.3 Å². The first kappa shape index (κ1) is 17.3. The second-order valence-electron chi connectivity index (χ2n) is 5.91. The van der Waals surface area contributed by atoms with Crippen LogP contribution in [0.15, 0.2) is 42.5 Å². The number of aryl methyl sites for hydroxylation is 1. The molecule has 3 aromatic rings. The van der Waals surface area contributed by atoms with Crippen LogP contribution in [0.5, 0.6) is 5.75 Å². The lowest BCUT2D eigenvalue weighted by atomic mass is 10.2. The van der Waals surface area contributed by atoms with E-state index in [1.165, 1.54) is 0 Å². The number of para-hydroxylation sites is 2. The predicted molar refractivity (Wildman–Crippen MR) is 99.1 cm³/mol. The molecule has 0 aliphatic heterocycles. The van der Waals surface area contributed by atoms with Gasteiger partial charge < -0.3 is 15.0 Å². The van der Waals surface area contributed by atoms with Crippen LogP contribution in [0, 0.1) is 6.92 Å². The number of hydrogen-bond acceptors (Lipinski definition) is 3. The van der Waals surface area contributed by atoms with Gasteiger partial charge in [0.05, 0.1) is 11.0 Å². The van der Waals surface area contributed by atoms with Gasteiger partial charge in [0.1, 0.15) is 11.6 Å². The number of hydrogen-bond donors (Lipinski definition) is 2. The summed E-state index contributed by atoms with van der Waals surface area (Å²) in [5.74, 6) is 1.31. The number of aromatic nitrogens is 2. The number of nitrogens with zero attached hydrogens (tertiary/aromatic N) is 1.